The van der Waals surface area contributed by atoms with Crippen molar-refractivity contribution < 1.29 is 27.6 Å². The van der Waals surface area contributed by atoms with Crippen LogP contribution in [0.15, 0.2) is 42.6 Å². The number of nitrogens with zero attached hydrogens (tertiary/aromatic N) is 2. The molecule has 37 heavy (non-hydrogen) atoms. The largest absolute Gasteiger partial charge is 0.416 e. The molecule has 1 aromatic heterocycles. The zero-order chi connectivity index (χ0) is 26.6. The maximum absolute atomic E-state index is 12.8. The van der Waals surface area contributed by atoms with Crippen LogP contribution in [0, 0.1) is 0 Å². The molecule has 2 aliphatic rings. The van der Waals surface area contributed by atoms with Gasteiger partial charge in [0.15, 0.2) is 0 Å². The molecule has 0 radical (unpaired) electrons. The van der Waals surface area contributed by atoms with Gasteiger partial charge >= 0.3 is 6.18 Å². The van der Waals surface area contributed by atoms with Crippen LogP contribution in [0.25, 0.3) is 0 Å². The Bertz CT molecular complexity index is 1130. The lowest BCUT2D eigenvalue weighted by Crippen LogP contribution is -2.63. The van der Waals surface area contributed by atoms with Crippen LogP contribution >= 0.6 is 0 Å². The first-order chi connectivity index (χ1) is 17.6. The molecule has 1 aromatic carbocycles. The quantitative estimate of drug-likeness (QED) is 0.523. The van der Waals surface area contributed by atoms with Crippen LogP contribution in [0.3, 0.4) is 0 Å². The van der Waals surface area contributed by atoms with Crippen LogP contribution in [0.4, 0.5) is 18.9 Å². The van der Waals surface area contributed by atoms with Crippen molar-refractivity contribution in [3.8, 4) is 0 Å². The second-order valence-corrected chi connectivity index (χ2v) is 9.64. The Morgan fingerprint density at radius 2 is 1.78 bits per heavy atom. The fourth-order valence-corrected chi connectivity index (χ4v) is 4.94. The summed E-state index contributed by atoms with van der Waals surface area (Å²) in [5.41, 5.74) is 0.665. The minimum absolute atomic E-state index is 0.0151. The van der Waals surface area contributed by atoms with Crippen molar-refractivity contribution in [2.45, 2.75) is 56.8 Å². The van der Waals surface area contributed by atoms with E-state index < -0.39 is 17.6 Å². The Kier molecular flexibility index (Phi) is 8.11. The highest BCUT2D eigenvalue weighted by Gasteiger charge is 2.36. The van der Waals surface area contributed by atoms with Crippen LogP contribution in [0.2, 0.25) is 0 Å². The summed E-state index contributed by atoms with van der Waals surface area (Å²) in [4.78, 5) is 42.4. The Labute approximate surface area is 213 Å². The second kappa shape index (κ2) is 11.3. The lowest BCUT2D eigenvalue weighted by atomic mass is 9.82. The molecule has 1 saturated heterocycles. The van der Waals surface area contributed by atoms with E-state index in [1.54, 1.807) is 6.20 Å². The summed E-state index contributed by atoms with van der Waals surface area (Å²) in [5, 5.41) is 7.97. The summed E-state index contributed by atoms with van der Waals surface area (Å²) in [6.07, 6.45) is 1.26. The number of amides is 3. The number of alkyl halides is 3. The third-order valence-corrected chi connectivity index (χ3v) is 6.87. The zero-order valence-electron chi connectivity index (χ0n) is 20.5. The molecule has 1 aliphatic carbocycles. The summed E-state index contributed by atoms with van der Waals surface area (Å²) < 4.78 is 38.5. The van der Waals surface area contributed by atoms with Gasteiger partial charge < -0.3 is 16.0 Å². The Morgan fingerprint density at radius 1 is 1.05 bits per heavy atom. The minimum atomic E-state index is -4.54. The fourth-order valence-electron chi connectivity index (χ4n) is 4.94. The average molecular weight is 518 g/mol. The first-order valence-electron chi connectivity index (χ1n) is 12.3. The van der Waals surface area contributed by atoms with Crippen LogP contribution in [0.5, 0.6) is 0 Å². The number of anilines is 1. The fraction of sp³-hybridized carbons (Fsp3) is 0.462. The minimum Gasteiger partial charge on any atom is -0.349 e. The van der Waals surface area contributed by atoms with Crippen molar-refractivity contribution in [1.82, 2.24) is 20.5 Å². The molecule has 3 amide bonds. The normalized spacial score (nSPS) is 20.5. The Balaban J connectivity index is 1.15. The van der Waals surface area contributed by atoms with Crippen LogP contribution < -0.4 is 16.0 Å². The predicted octanol–water partition coefficient (Wildman–Crippen LogP) is 3.32. The number of pyridine rings is 1. The van der Waals surface area contributed by atoms with Crippen LogP contribution in [-0.4, -0.2) is 59.3 Å². The smallest absolute Gasteiger partial charge is 0.349 e. The zero-order valence-corrected chi connectivity index (χ0v) is 20.5. The third-order valence-electron chi connectivity index (χ3n) is 6.87. The van der Waals surface area contributed by atoms with E-state index in [0.29, 0.717) is 17.6 Å². The lowest BCUT2D eigenvalue weighted by molar-refractivity contribution is -0.137. The lowest BCUT2D eigenvalue weighted by Gasteiger charge is -2.46. The molecule has 198 valence electrons. The molecular formula is C26H30F3N5O3. The number of rotatable bonds is 7. The highest BCUT2D eigenvalue weighted by molar-refractivity contribution is 5.96. The number of aromatic nitrogens is 1. The summed E-state index contributed by atoms with van der Waals surface area (Å²) in [7, 11) is 0. The Morgan fingerprint density at radius 3 is 2.41 bits per heavy atom. The van der Waals surface area contributed by atoms with E-state index in [-0.39, 0.29) is 30.0 Å². The van der Waals surface area contributed by atoms with E-state index >= 15 is 0 Å². The van der Waals surface area contributed by atoms with Gasteiger partial charge in [-0.15, -0.1) is 0 Å². The van der Waals surface area contributed by atoms with Gasteiger partial charge in [-0.3, -0.25) is 24.3 Å². The van der Waals surface area contributed by atoms with E-state index in [9.17, 15) is 27.6 Å². The van der Waals surface area contributed by atoms with Gasteiger partial charge in [0.2, 0.25) is 11.8 Å². The van der Waals surface area contributed by atoms with Crippen molar-refractivity contribution in [3.05, 3.63) is 59.4 Å². The Hall–Kier alpha value is -3.47. The molecule has 1 saturated carbocycles. The number of nitrogens with one attached hydrogen (secondary N) is 3. The number of carbonyl (C=O) groups is 3. The first kappa shape index (κ1) is 26.6. The molecule has 4 rings (SSSR count). The summed E-state index contributed by atoms with van der Waals surface area (Å²) >= 11 is 0. The molecule has 2 fully saturated rings. The van der Waals surface area contributed by atoms with E-state index in [1.165, 1.54) is 13.0 Å². The number of carbonyl (C=O) groups excluding carboxylic acids is 3. The van der Waals surface area contributed by atoms with Crippen molar-refractivity contribution in [2.75, 3.05) is 25.0 Å². The molecule has 0 spiro atoms. The molecule has 3 N–H and O–H groups in total. The number of hydrogen-bond acceptors (Lipinski definition) is 5. The van der Waals surface area contributed by atoms with Crippen LogP contribution in [0.1, 0.15) is 60.1 Å². The maximum atomic E-state index is 12.8. The van der Waals surface area contributed by atoms with E-state index in [2.05, 4.69) is 25.8 Å². The number of hydrogen-bond donors (Lipinski definition) is 3. The van der Waals surface area contributed by atoms with E-state index in [1.807, 2.05) is 12.1 Å². The molecule has 0 atom stereocenters. The van der Waals surface area contributed by atoms with Crippen molar-refractivity contribution >= 4 is 23.4 Å². The standard InChI is InChI=1S/C26H30F3N5O3/c1-16(35)32-20-7-10-23(30-12-20)17-5-8-22(9-6-17)34-14-21(15-34)33-24(36)13-31-25(37)18-3-2-4-19(11-18)26(27,28)29/h2-4,7,10-12,17,21-22H,5-6,8-9,13-15H2,1H3,(H,31,37)(H,32,35)(H,33,36). The van der Waals surface area contributed by atoms with Gasteiger partial charge in [0.05, 0.1) is 30.0 Å². The topological polar surface area (TPSA) is 103 Å². The number of halogens is 3. The van der Waals surface area contributed by atoms with Gasteiger partial charge in [0.25, 0.3) is 5.91 Å². The van der Waals surface area contributed by atoms with Crippen molar-refractivity contribution in [2.24, 2.45) is 0 Å². The molecular weight excluding hydrogens is 487 g/mol. The van der Waals surface area contributed by atoms with E-state index in [4.69, 9.17) is 0 Å². The molecule has 2 heterocycles. The molecule has 0 bridgehead atoms. The summed E-state index contributed by atoms with van der Waals surface area (Å²) in [6, 6.07) is 8.37. The average Bonchev–Trinajstić information content (AvgIpc) is 2.84. The van der Waals surface area contributed by atoms with Gasteiger partial charge in [-0.1, -0.05) is 6.07 Å². The summed E-state index contributed by atoms with van der Waals surface area (Å²) in [6.45, 7) is 2.62. The second-order valence-electron chi connectivity index (χ2n) is 9.64. The summed E-state index contributed by atoms with van der Waals surface area (Å²) in [5.74, 6) is -0.839. The molecule has 2 aromatic rings. The number of likely N-dealkylation sites (tertiary alicyclic amines) is 1. The van der Waals surface area contributed by atoms with Crippen molar-refractivity contribution in [1.29, 1.82) is 0 Å². The third kappa shape index (κ3) is 7.06. The molecule has 0 unspecified atom stereocenters. The first-order valence-corrected chi connectivity index (χ1v) is 12.3. The maximum Gasteiger partial charge on any atom is 0.416 e. The monoisotopic (exact) mass is 517 g/mol. The van der Waals surface area contributed by atoms with Crippen molar-refractivity contribution in [3.63, 3.8) is 0 Å². The molecule has 8 nitrogen and oxygen atoms in total. The van der Waals surface area contributed by atoms with Gasteiger partial charge in [0, 0.05) is 43.2 Å². The SMILES string of the molecule is CC(=O)Nc1ccc(C2CCC(N3CC(NC(=O)CNC(=O)c4cccc(C(F)(F)F)c4)C3)CC2)nc1. The highest BCUT2D eigenvalue weighted by atomic mass is 19.4. The van der Waals surface area contributed by atoms with E-state index in [0.717, 1.165) is 62.7 Å². The molecule has 11 heteroatoms. The highest BCUT2D eigenvalue weighted by Crippen LogP contribution is 2.35. The predicted molar refractivity (Wildman–Crippen MR) is 131 cm³/mol. The number of benzene rings is 1. The molecule has 1 aliphatic heterocycles. The van der Waals surface area contributed by atoms with Gasteiger partial charge in [-0.25, -0.2) is 0 Å². The van der Waals surface area contributed by atoms with Crippen LogP contribution in [-0.2, 0) is 15.8 Å². The van der Waals surface area contributed by atoms with Gasteiger partial charge in [-0.2, -0.15) is 13.2 Å². The van der Waals surface area contributed by atoms with Gasteiger partial charge in [-0.05, 0) is 56.0 Å². The van der Waals surface area contributed by atoms with Gasteiger partial charge in [0.1, 0.15) is 0 Å².